The Balaban J connectivity index is 1.81. The summed E-state index contributed by atoms with van der Waals surface area (Å²) in [6.45, 7) is 2.28. The molecule has 1 amide bonds. The predicted octanol–water partition coefficient (Wildman–Crippen LogP) is 3.19. The van der Waals surface area contributed by atoms with E-state index in [1.807, 2.05) is 6.92 Å². The maximum absolute atomic E-state index is 12.6. The van der Waals surface area contributed by atoms with Gasteiger partial charge in [0.2, 0.25) is 10.0 Å². The van der Waals surface area contributed by atoms with E-state index in [4.69, 9.17) is 9.47 Å². The van der Waals surface area contributed by atoms with Crippen LogP contribution in [-0.4, -0.2) is 40.8 Å². The molecule has 1 aliphatic heterocycles. The number of carbonyl (C=O) groups excluding carboxylic acids is 1. The number of methoxy groups -OCH3 is 2. The highest BCUT2D eigenvalue weighted by Gasteiger charge is 2.27. The molecule has 1 aliphatic rings. The third kappa shape index (κ3) is 4.06. The van der Waals surface area contributed by atoms with Crippen molar-refractivity contribution in [1.82, 2.24) is 0 Å². The second-order valence-electron chi connectivity index (χ2n) is 6.62. The molecular formula is C20H24N2O5S. The largest absolute Gasteiger partial charge is 0.493 e. The second-order valence-corrected chi connectivity index (χ2v) is 8.63. The van der Waals surface area contributed by atoms with Gasteiger partial charge in [-0.25, -0.2) is 8.42 Å². The van der Waals surface area contributed by atoms with E-state index in [0.717, 1.165) is 12.0 Å². The first-order valence-corrected chi connectivity index (χ1v) is 10.6. The lowest BCUT2D eigenvalue weighted by atomic mass is 10.1. The van der Waals surface area contributed by atoms with Gasteiger partial charge >= 0.3 is 0 Å². The summed E-state index contributed by atoms with van der Waals surface area (Å²) in [7, 11) is -0.215. The molecule has 7 nitrogen and oxygen atoms in total. The maximum Gasteiger partial charge on any atom is 0.255 e. The topological polar surface area (TPSA) is 84.9 Å². The number of nitrogens with one attached hydrogen (secondary N) is 1. The first-order valence-electron chi connectivity index (χ1n) is 9.00. The minimum absolute atomic E-state index is 0.161. The number of hydrogen-bond donors (Lipinski definition) is 1. The van der Waals surface area contributed by atoms with Gasteiger partial charge in [0, 0.05) is 23.9 Å². The van der Waals surface area contributed by atoms with Crippen molar-refractivity contribution in [2.45, 2.75) is 19.8 Å². The quantitative estimate of drug-likeness (QED) is 0.827. The molecule has 0 aromatic heterocycles. The number of nitrogens with zero attached hydrogens (tertiary/aromatic N) is 1. The fraction of sp³-hybridized carbons (Fsp3) is 0.350. The maximum atomic E-state index is 12.6. The van der Waals surface area contributed by atoms with Crippen LogP contribution in [0, 0.1) is 6.92 Å². The number of sulfonamides is 1. The van der Waals surface area contributed by atoms with E-state index in [1.165, 1.54) is 11.4 Å². The molecule has 0 radical (unpaired) electrons. The summed E-state index contributed by atoms with van der Waals surface area (Å²) in [5, 5.41) is 2.82. The zero-order chi connectivity index (χ0) is 20.3. The van der Waals surface area contributed by atoms with Crippen LogP contribution in [0.3, 0.4) is 0 Å². The monoisotopic (exact) mass is 404 g/mol. The number of ether oxygens (including phenoxy) is 2. The van der Waals surface area contributed by atoms with E-state index in [1.54, 1.807) is 43.5 Å². The Morgan fingerprint density at radius 3 is 2.43 bits per heavy atom. The predicted molar refractivity (Wildman–Crippen MR) is 109 cm³/mol. The van der Waals surface area contributed by atoms with Gasteiger partial charge in [-0.1, -0.05) is 0 Å². The fourth-order valence-corrected chi connectivity index (χ4v) is 4.95. The molecule has 0 saturated carbocycles. The van der Waals surface area contributed by atoms with Crippen LogP contribution in [0.4, 0.5) is 11.4 Å². The Hall–Kier alpha value is -2.74. The molecule has 0 atom stereocenters. The molecule has 8 heteroatoms. The number of anilines is 2. The first-order chi connectivity index (χ1) is 13.4. The third-order valence-electron chi connectivity index (χ3n) is 4.72. The van der Waals surface area contributed by atoms with E-state index in [-0.39, 0.29) is 11.7 Å². The molecular weight excluding hydrogens is 380 g/mol. The molecule has 3 rings (SSSR count). The van der Waals surface area contributed by atoms with E-state index >= 15 is 0 Å². The molecule has 0 bridgehead atoms. The van der Waals surface area contributed by atoms with Crippen molar-refractivity contribution in [3.05, 3.63) is 47.5 Å². The highest BCUT2D eigenvalue weighted by atomic mass is 32.2. The van der Waals surface area contributed by atoms with Crippen molar-refractivity contribution in [2.75, 3.05) is 36.1 Å². The van der Waals surface area contributed by atoms with Crippen molar-refractivity contribution < 1.29 is 22.7 Å². The van der Waals surface area contributed by atoms with Gasteiger partial charge in [0.15, 0.2) is 11.5 Å². The number of aryl methyl sites for hydroxylation is 1. The van der Waals surface area contributed by atoms with Crippen molar-refractivity contribution in [3.63, 3.8) is 0 Å². The Bertz CT molecular complexity index is 988. The molecule has 150 valence electrons. The molecule has 0 unspecified atom stereocenters. The van der Waals surface area contributed by atoms with Crippen LogP contribution in [0.2, 0.25) is 0 Å². The van der Waals surface area contributed by atoms with Gasteiger partial charge in [-0.3, -0.25) is 9.10 Å². The van der Waals surface area contributed by atoms with Crippen LogP contribution in [0.1, 0.15) is 28.8 Å². The summed E-state index contributed by atoms with van der Waals surface area (Å²) in [5.41, 5.74) is 2.39. The molecule has 0 spiro atoms. The summed E-state index contributed by atoms with van der Waals surface area (Å²) in [5.74, 6) is 0.961. The van der Waals surface area contributed by atoms with Crippen molar-refractivity contribution in [3.8, 4) is 11.5 Å². The van der Waals surface area contributed by atoms with Crippen LogP contribution in [-0.2, 0) is 10.0 Å². The normalized spacial score (nSPS) is 15.8. The Morgan fingerprint density at radius 1 is 1.04 bits per heavy atom. The summed E-state index contributed by atoms with van der Waals surface area (Å²) in [6.07, 6.45) is 1.52. The van der Waals surface area contributed by atoms with Crippen LogP contribution in [0.15, 0.2) is 36.4 Å². The average molecular weight is 404 g/mol. The first kappa shape index (κ1) is 20.0. The molecule has 1 fully saturated rings. The molecule has 28 heavy (non-hydrogen) atoms. The van der Waals surface area contributed by atoms with Gasteiger partial charge in [-0.05, 0) is 55.7 Å². The van der Waals surface area contributed by atoms with Gasteiger partial charge in [0.05, 0.1) is 25.7 Å². The molecule has 1 heterocycles. The lowest BCUT2D eigenvalue weighted by Crippen LogP contribution is -2.38. The standard InChI is InChI=1S/C20H24N2O5S/c1-14-12-15(6-8-17(14)22-10-4-5-11-28(22,24)25)20(23)21-16-7-9-18(26-2)19(13-16)27-3/h6-9,12-13H,4-5,10-11H2,1-3H3,(H,21,23). The summed E-state index contributed by atoms with van der Waals surface area (Å²) in [4.78, 5) is 12.6. The SMILES string of the molecule is COc1ccc(NC(=O)c2ccc(N3CCCCS3(=O)=O)c(C)c2)cc1OC. The zero-order valence-corrected chi connectivity index (χ0v) is 17.0. The van der Waals surface area contributed by atoms with Gasteiger partial charge in [-0.2, -0.15) is 0 Å². The molecule has 2 aromatic carbocycles. The van der Waals surface area contributed by atoms with Crippen LogP contribution < -0.4 is 19.1 Å². The highest BCUT2D eigenvalue weighted by Crippen LogP contribution is 2.31. The fourth-order valence-electron chi connectivity index (χ4n) is 3.25. The van der Waals surface area contributed by atoms with E-state index < -0.39 is 10.0 Å². The minimum atomic E-state index is -3.29. The summed E-state index contributed by atoms with van der Waals surface area (Å²) >= 11 is 0. The van der Waals surface area contributed by atoms with E-state index in [2.05, 4.69) is 5.32 Å². The Morgan fingerprint density at radius 2 is 1.79 bits per heavy atom. The molecule has 1 saturated heterocycles. The lowest BCUT2D eigenvalue weighted by Gasteiger charge is -2.29. The minimum Gasteiger partial charge on any atom is -0.493 e. The number of rotatable bonds is 5. The number of carbonyl (C=O) groups is 1. The van der Waals surface area contributed by atoms with Crippen molar-refractivity contribution in [1.29, 1.82) is 0 Å². The Kier molecular flexibility index (Phi) is 5.79. The van der Waals surface area contributed by atoms with Crippen molar-refractivity contribution in [2.24, 2.45) is 0 Å². The number of hydrogen-bond acceptors (Lipinski definition) is 5. The smallest absolute Gasteiger partial charge is 0.255 e. The van der Waals surface area contributed by atoms with Gasteiger partial charge in [-0.15, -0.1) is 0 Å². The summed E-state index contributed by atoms with van der Waals surface area (Å²) in [6, 6.07) is 10.2. The third-order valence-corrected chi connectivity index (χ3v) is 6.57. The van der Waals surface area contributed by atoms with Crippen LogP contribution in [0.25, 0.3) is 0 Å². The molecule has 0 aliphatic carbocycles. The van der Waals surface area contributed by atoms with Gasteiger partial charge < -0.3 is 14.8 Å². The number of benzene rings is 2. The lowest BCUT2D eigenvalue weighted by molar-refractivity contribution is 0.102. The average Bonchev–Trinajstić information content (AvgIpc) is 2.68. The van der Waals surface area contributed by atoms with E-state index in [0.29, 0.717) is 41.4 Å². The van der Waals surface area contributed by atoms with Crippen molar-refractivity contribution >= 4 is 27.3 Å². The zero-order valence-electron chi connectivity index (χ0n) is 16.2. The highest BCUT2D eigenvalue weighted by molar-refractivity contribution is 7.92. The molecule has 2 aromatic rings. The molecule has 1 N–H and O–H groups in total. The second kappa shape index (κ2) is 8.10. The van der Waals surface area contributed by atoms with Gasteiger partial charge in [0.25, 0.3) is 5.91 Å². The van der Waals surface area contributed by atoms with Crippen LogP contribution >= 0.6 is 0 Å². The van der Waals surface area contributed by atoms with E-state index in [9.17, 15) is 13.2 Å². The number of amides is 1. The van der Waals surface area contributed by atoms with Gasteiger partial charge in [0.1, 0.15) is 0 Å². The van der Waals surface area contributed by atoms with Crippen LogP contribution in [0.5, 0.6) is 11.5 Å². The summed E-state index contributed by atoms with van der Waals surface area (Å²) < 4.78 is 36.5. The Labute approximate surface area is 165 Å².